The number of rotatable bonds is 6. The third-order valence-electron chi connectivity index (χ3n) is 3.38. The van der Waals surface area contributed by atoms with Crippen molar-refractivity contribution in [3.63, 3.8) is 0 Å². The molecule has 0 saturated heterocycles. The lowest BCUT2D eigenvalue weighted by Gasteiger charge is -2.04. The number of nitrogens with zero attached hydrogens (tertiary/aromatic N) is 1. The maximum atomic E-state index is 12.7. The number of ether oxygens (including phenoxy) is 1. The zero-order valence-electron chi connectivity index (χ0n) is 13.5. The van der Waals surface area contributed by atoms with Crippen LogP contribution in [0.2, 0.25) is 0 Å². The van der Waals surface area contributed by atoms with Gasteiger partial charge < -0.3 is 15.8 Å². The Balaban J connectivity index is 1.79. The number of aromatic nitrogens is 1. The highest BCUT2D eigenvalue weighted by Gasteiger charge is 2.18. The lowest BCUT2D eigenvalue weighted by atomic mass is 10.1. The molecule has 7 heteroatoms. The summed E-state index contributed by atoms with van der Waals surface area (Å²) in [5.74, 6) is 0.805. The lowest BCUT2D eigenvalue weighted by Crippen LogP contribution is -2.02. The minimum absolute atomic E-state index is 0.151. The molecule has 0 radical (unpaired) electrons. The van der Waals surface area contributed by atoms with Crippen LogP contribution < -0.4 is 15.8 Å². The molecule has 3 aromatic rings. The first kappa shape index (κ1) is 17.4. The maximum absolute atomic E-state index is 12.7. The van der Waals surface area contributed by atoms with E-state index in [4.69, 9.17) is 10.5 Å². The summed E-state index contributed by atoms with van der Waals surface area (Å²) in [6.45, 7) is 2.50. The van der Waals surface area contributed by atoms with Crippen LogP contribution in [0.5, 0.6) is 5.75 Å². The van der Waals surface area contributed by atoms with E-state index in [-0.39, 0.29) is 11.6 Å². The Morgan fingerprint density at radius 2 is 1.88 bits per heavy atom. The molecule has 0 aliphatic rings. The molecule has 1 aromatic heterocycles. The van der Waals surface area contributed by atoms with Crippen molar-refractivity contribution < 1.29 is 9.53 Å². The van der Waals surface area contributed by atoms with Gasteiger partial charge in [-0.1, -0.05) is 27.3 Å². The minimum atomic E-state index is -0.151. The number of thiazole rings is 1. The summed E-state index contributed by atoms with van der Waals surface area (Å²) in [4.78, 5) is 17.3. The molecule has 0 aliphatic heterocycles. The van der Waals surface area contributed by atoms with Crippen LogP contribution in [0.3, 0.4) is 0 Å². The largest absolute Gasteiger partial charge is 0.494 e. The number of hydrogen-bond acceptors (Lipinski definition) is 6. The normalized spacial score (nSPS) is 10.5. The molecule has 0 atom stereocenters. The van der Waals surface area contributed by atoms with E-state index in [1.54, 1.807) is 24.3 Å². The van der Waals surface area contributed by atoms with E-state index < -0.39 is 0 Å². The molecular weight excluding hydrogens is 402 g/mol. The van der Waals surface area contributed by atoms with Crippen LogP contribution in [0.1, 0.15) is 22.2 Å². The number of carbonyl (C=O) groups is 1. The number of anilines is 3. The first-order valence-electron chi connectivity index (χ1n) is 7.63. The molecule has 5 nitrogen and oxygen atoms in total. The molecule has 1 heterocycles. The van der Waals surface area contributed by atoms with E-state index in [0.717, 1.165) is 15.9 Å². The van der Waals surface area contributed by atoms with Crippen molar-refractivity contribution in [2.75, 3.05) is 17.7 Å². The summed E-state index contributed by atoms with van der Waals surface area (Å²) in [5.41, 5.74) is 7.36. The fraction of sp³-hybridized carbons (Fsp3) is 0.111. The number of benzene rings is 2. The fourth-order valence-electron chi connectivity index (χ4n) is 2.21. The van der Waals surface area contributed by atoms with Gasteiger partial charge in [0, 0.05) is 15.7 Å². The number of carbonyl (C=O) groups excluding carboxylic acids is 1. The number of ketones is 1. The Morgan fingerprint density at radius 3 is 2.52 bits per heavy atom. The number of nitrogen functional groups attached to an aromatic ring is 1. The minimum Gasteiger partial charge on any atom is -0.494 e. The zero-order chi connectivity index (χ0) is 17.8. The second kappa shape index (κ2) is 7.67. The molecule has 0 aliphatic carbocycles. The molecular formula is C18H16BrN3O2S. The van der Waals surface area contributed by atoms with Crippen LogP contribution in [0.25, 0.3) is 0 Å². The van der Waals surface area contributed by atoms with E-state index in [1.807, 2.05) is 31.2 Å². The van der Waals surface area contributed by atoms with E-state index in [2.05, 4.69) is 26.2 Å². The molecule has 0 spiro atoms. The average Bonchev–Trinajstić information content (AvgIpc) is 2.97. The number of hydrogen-bond donors (Lipinski definition) is 2. The third kappa shape index (κ3) is 4.18. The number of halogens is 1. The summed E-state index contributed by atoms with van der Waals surface area (Å²) >= 11 is 4.63. The van der Waals surface area contributed by atoms with E-state index >= 15 is 0 Å². The van der Waals surface area contributed by atoms with Gasteiger partial charge in [0.05, 0.1) is 6.61 Å². The van der Waals surface area contributed by atoms with Gasteiger partial charge in [-0.2, -0.15) is 0 Å². The zero-order valence-corrected chi connectivity index (χ0v) is 15.9. The third-order valence-corrected chi connectivity index (χ3v) is 4.90. The Kier molecular flexibility index (Phi) is 5.35. The van der Waals surface area contributed by atoms with Crippen molar-refractivity contribution in [3.05, 3.63) is 63.4 Å². The standard InChI is InChI=1S/C18H16BrN3O2S/c1-2-24-14-9-3-11(4-10-14)15(23)16-17(20)22-18(25-16)21-13-7-5-12(19)6-8-13/h3-10H,2,20H2,1H3,(H,21,22). The molecule has 2 aromatic carbocycles. The van der Waals surface area contributed by atoms with E-state index in [0.29, 0.717) is 22.2 Å². The molecule has 3 rings (SSSR count). The first-order chi connectivity index (χ1) is 12.1. The Hall–Kier alpha value is -2.38. The summed E-state index contributed by atoms with van der Waals surface area (Å²) in [5, 5.41) is 3.74. The molecule has 0 unspecified atom stereocenters. The summed E-state index contributed by atoms with van der Waals surface area (Å²) < 4.78 is 6.38. The predicted molar refractivity (Wildman–Crippen MR) is 105 cm³/mol. The fourth-order valence-corrected chi connectivity index (χ4v) is 3.34. The van der Waals surface area contributed by atoms with Crippen molar-refractivity contribution >= 4 is 49.7 Å². The van der Waals surface area contributed by atoms with Crippen LogP contribution >= 0.6 is 27.3 Å². The van der Waals surface area contributed by atoms with Gasteiger partial charge in [-0.05, 0) is 55.5 Å². The number of nitrogens with one attached hydrogen (secondary N) is 1. The van der Waals surface area contributed by atoms with Gasteiger partial charge in [0.1, 0.15) is 16.4 Å². The van der Waals surface area contributed by atoms with E-state index in [1.165, 1.54) is 11.3 Å². The van der Waals surface area contributed by atoms with Crippen molar-refractivity contribution in [2.45, 2.75) is 6.92 Å². The first-order valence-corrected chi connectivity index (χ1v) is 9.24. The average molecular weight is 418 g/mol. The van der Waals surface area contributed by atoms with Gasteiger partial charge in [0.2, 0.25) is 5.78 Å². The van der Waals surface area contributed by atoms with Crippen molar-refractivity contribution in [1.29, 1.82) is 0 Å². The van der Waals surface area contributed by atoms with Crippen LogP contribution in [-0.2, 0) is 0 Å². The summed E-state index contributed by atoms with van der Waals surface area (Å²) in [7, 11) is 0. The molecule has 0 saturated carbocycles. The SMILES string of the molecule is CCOc1ccc(C(=O)c2sc(Nc3ccc(Br)cc3)nc2N)cc1. The second-order valence-corrected chi connectivity index (χ2v) is 7.07. The maximum Gasteiger partial charge on any atom is 0.206 e. The van der Waals surface area contributed by atoms with Gasteiger partial charge in [-0.25, -0.2) is 4.98 Å². The molecule has 25 heavy (non-hydrogen) atoms. The van der Waals surface area contributed by atoms with Gasteiger partial charge in [0.15, 0.2) is 5.13 Å². The Labute approximate surface area is 158 Å². The Morgan fingerprint density at radius 1 is 1.20 bits per heavy atom. The van der Waals surface area contributed by atoms with Gasteiger partial charge >= 0.3 is 0 Å². The lowest BCUT2D eigenvalue weighted by molar-refractivity contribution is 0.104. The van der Waals surface area contributed by atoms with Crippen molar-refractivity contribution in [2.24, 2.45) is 0 Å². The van der Waals surface area contributed by atoms with E-state index in [9.17, 15) is 4.79 Å². The molecule has 0 bridgehead atoms. The highest BCUT2D eigenvalue weighted by Crippen LogP contribution is 2.30. The predicted octanol–water partition coefficient (Wildman–Crippen LogP) is 4.86. The number of nitrogens with two attached hydrogens (primary N) is 1. The molecule has 3 N–H and O–H groups in total. The van der Waals surface area contributed by atoms with Crippen LogP contribution in [0, 0.1) is 0 Å². The topological polar surface area (TPSA) is 77.2 Å². The smallest absolute Gasteiger partial charge is 0.206 e. The van der Waals surface area contributed by atoms with Crippen molar-refractivity contribution in [1.82, 2.24) is 4.98 Å². The van der Waals surface area contributed by atoms with Crippen LogP contribution in [0.15, 0.2) is 53.0 Å². The highest BCUT2D eigenvalue weighted by atomic mass is 79.9. The molecule has 0 amide bonds. The molecule has 0 fully saturated rings. The van der Waals surface area contributed by atoms with Gasteiger partial charge in [-0.3, -0.25) is 4.79 Å². The monoisotopic (exact) mass is 417 g/mol. The van der Waals surface area contributed by atoms with Gasteiger partial charge in [-0.15, -0.1) is 0 Å². The second-order valence-electron chi connectivity index (χ2n) is 5.15. The quantitative estimate of drug-likeness (QED) is 0.559. The Bertz CT molecular complexity index is 876. The van der Waals surface area contributed by atoms with Crippen LogP contribution in [-0.4, -0.2) is 17.4 Å². The van der Waals surface area contributed by atoms with Gasteiger partial charge in [0.25, 0.3) is 0 Å². The highest BCUT2D eigenvalue weighted by molar-refractivity contribution is 9.10. The summed E-state index contributed by atoms with van der Waals surface area (Å²) in [6, 6.07) is 14.7. The molecule has 128 valence electrons. The van der Waals surface area contributed by atoms with Crippen LogP contribution in [0.4, 0.5) is 16.6 Å². The van der Waals surface area contributed by atoms with Crippen molar-refractivity contribution in [3.8, 4) is 5.75 Å². The summed E-state index contributed by atoms with van der Waals surface area (Å²) in [6.07, 6.45) is 0.